The van der Waals surface area contributed by atoms with Gasteiger partial charge in [-0.05, 0) is 36.4 Å². The molecule has 0 fully saturated rings. The van der Waals surface area contributed by atoms with Crippen molar-refractivity contribution in [3.63, 3.8) is 0 Å². The van der Waals surface area contributed by atoms with Crippen LogP contribution in [-0.4, -0.2) is 37.7 Å². The number of amides is 1. The predicted octanol–water partition coefficient (Wildman–Crippen LogP) is 2.29. The van der Waals surface area contributed by atoms with Gasteiger partial charge in [0.05, 0.1) is 0 Å². The molecule has 0 aliphatic heterocycles. The Labute approximate surface area is 164 Å². The number of sulfonamides is 1. The van der Waals surface area contributed by atoms with Gasteiger partial charge in [0.2, 0.25) is 9.47 Å². The van der Waals surface area contributed by atoms with Crippen LogP contribution in [0.1, 0.15) is 10.4 Å². The number of ether oxygens (including phenoxy) is 1. The number of hydrogen-bond acceptors (Lipinski definition) is 7. The van der Waals surface area contributed by atoms with E-state index in [1.807, 2.05) is 0 Å². The molecule has 2 aromatic carbocycles. The third-order valence-corrected chi connectivity index (χ3v) is 6.04. The third kappa shape index (κ3) is 5.31. The number of carbonyl (C=O) groups is 1. The zero-order valence-electron chi connectivity index (χ0n) is 14.3. The van der Waals surface area contributed by atoms with E-state index >= 15 is 0 Å². The molecule has 0 unspecified atom stereocenters. The number of benzene rings is 2. The van der Waals surface area contributed by atoms with Gasteiger partial charge in [-0.2, -0.15) is 0 Å². The molecule has 1 amide bonds. The molecule has 8 nitrogen and oxygen atoms in total. The third-order valence-electron chi connectivity index (χ3n) is 3.37. The van der Waals surface area contributed by atoms with Crippen LogP contribution in [0.25, 0.3) is 0 Å². The Morgan fingerprint density at radius 3 is 2.50 bits per heavy atom. The maximum Gasteiger partial charge on any atom is 0.269 e. The number of halogens is 1. The fourth-order valence-corrected chi connectivity index (χ4v) is 4.01. The smallest absolute Gasteiger partial charge is 0.269 e. The van der Waals surface area contributed by atoms with Crippen LogP contribution in [0.2, 0.25) is 0 Å². The summed E-state index contributed by atoms with van der Waals surface area (Å²) < 4.78 is 44.6. The van der Waals surface area contributed by atoms with Gasteiger partial charge in [0.25, 0.3) is 15.9 Å². The Hall–Kier alpha value is -2.89. The first-order chi connectivity index (χ1) is 13.4. The number of rotatable bonds is 8. The first-order valence-corrected chi connectivity index (χ1v) is 10.3. The van der Waals surface area contributed by atoms with Crippen LogP contribution in [0.4, 0.5) is 9.52 Å². The van der Waals surface area contributed by atoms with Crippen LogP contribution in [-0.2, 0) is 10.0 Å². The molecule has 1 aromatic heterocycles. The van der Waals surface area contributed by atoms with E-state index in [4.69, 9.17) is 4.74 Å². The molecule has 146 valence electrons. The highest BCUT2D eigenvalue weighted by molar-refractivity contribution is 7.91. The summed E-state index contributed by atoms with van der Waals surface area (Å²) in [6.45, 7) is 0.0201. The van der Waals surface area contributed by atoms with Crippen LogP contribution in [0.15, 0.2) is 58.9 Å². The molecule has 3 aromatic rings. The molecule has 28 heavy (non-hydrogen) atoms. The van der Waals surface area contributed by atoms with Crippen LogP contribution in [0, 0.1) is 5.82 Å². The van der Waals surface area contributed by atoms with Crippen LogP contribution < -0.4 is 14.8 Å². The van der Waals surface area contributed by atoms with Gasteiger partial charge in [-0.1, -0.05) is 29.5 Å². The minimum atomic E-state index is -3.90. The van der Waals surface area contributed by atoms with E-state index in [0.29, 0.717) is 11.3 Å². The van der Waals surface area contributed by atoms with Crippen LogP contribution in [0.5, 0.6) is 5.75 Å². The Balaban J connectivity index is 1.52. The Morgan fingerprint density at radius 2 is 1.79 bits per heavy atom. The zero-order valence-corrected chi connectivity index (χ0v) is 16.0. The van der Waals surface area contributed by atoms with Gasteiger partial charge in [0.15, 0.2) is 0 Å². The van der Waals surface area contributed by atoms with E-state index in [-0.39, 0.29) is 28.4 Å². The Morgan fingerprint density at radius 1 is 1.07 bits per heavy atom. The fourth-order valence-electron chi connectivity index (χ4n) is 2.07. The zero-order chi connectivity index (χ0) is 20.0. The highest BCUT2D eigenvalue weighted by atomic mass is 32.2. The second-order valence-electron chi connectivity index (χ2n) is 5.39. The SMILES string of the molecule is O=C(Nc1nnc(S(=O)(=O)NCCOc2ccc(F)cc2)s1)c1ccccc1. The van der Waals surface area contributed by atoms with E-state index in [9.17, 15) is 17.6 Å². The number of hydrogen-bond donors (Lipinski definition) is 2. The number of nitrogens with zero attached hydrogens (tertiary/aromatic N) is 2. The molecule has 0 saturated carbocycles. The molecular formula is C17H15FN4O4S2. The predicted molar refractivity (Wildman–Crippen MR) is 101 cm³/mol. The minimum Gasteiger partial charge on any atom is -0.492 e. The van der Waals surface area contributed by atoms with Gasteiger partial charge in [-0.25, -0.2) is 17.5 Å². The summed E-state index contributed by atoms with van der Waals surface area (Å²) in [6.07, 6.45) is 0. The average molecular weight is 422 g/mol. The van der Waals surface area contributed by atoms with Gasteiger partial charge in [0.1, 0.15) is 18.2 Å². The molecule has 1 heterocycles. The molecule has 0 radical (unpaired) electrons. The lowest BCUT2D eigenvalue weighted by Gasteiger charge is -2.06. The quantitative estimate of drug-likeness (QED) is 0.426. The summed E-state index contributed by atoms with van der Waals surface area (Å²) in [6, 6.07) is 13.8. The normalized spacial score (nSPS) is 11.2. The van der Waals surface area contributed by atoms with Gasteiger partial charge in [-0.3, -0.25) is 10.1 Å². The standard InChI is InChI=1S/C17H15FN4O4S2/c18-13-6-8-14(9-7-13)26-11-10-19-28(24,25)17-22-21-16(27-17)20-15(23)12-4-2-1-3-5-12/h1-9,19H,10-11H2,(H,20,21,23). The van der Waals surface area contributed by atoms with Gasteiger partial charge in [-0.15, -0.1) is 10.2 Å². The minimum absolute atomic E-state index is 0.0228. The first kappa shape index (κ1) is 19.9. The lowest BCUT2D eigenvalue weighted by atomic mass is 10.2. The molecule has 0 bridgehead atoms. The summed E-state index contributed by atoms with van der Waals surface area (Å²) in [4.78, 5) is 12.1. The topological polar surface area (TPSA) is 110 Å². The average Bonchev–Trinajstić information content (AvgIpc) is 3.17. The van der Waals surface area contributed by atoms with Crippen molar-refractivity contribution >= 4 is 32.4 Å². The Bertz CT molecular complexity index is 1040. The van der Waals surface area contributed by atoms with Crippen molar-refractivity contribution < 1.29 is 22.3 Å². The number of carbonyl (C=O) groups excluding carboxylic acids is 1. The largest absolute Gasteiger partial charge is 0.492 e. The number of nitrogens with one attached hydrogen (secondary N) is 2. The number of anilines is 1. The second-order valence-corrected chi connectivity index (χ2v) is 8.31. The van der Waals surface area contributed by atoms with Gasteiger partial charge < -0.3 is 4.74 Å². The summed E-state index contributed by atoms with van der Waals surface area (Å²) in [7, 11) is -3.90. The molecule has 0 aliphatic carbocycles. The van der Waals surface area contributed by atoms with Crippen molar-refractivity contribution in [2.24, 2.45) is 0 Å². The second kappa shape index (κ2) is 8.87. The monoisotopic (exact) mass is 422 g/mol. The summed E-state index contributed by atoms with van der Waals surface area (Å²) >= 11 is 0.732. The maximum absolute atomic E-state index is 12.8. The van der Waals surface area contributed by atoms with E-state index in [1.165, 1.54) is 24.3 Å². The Kier molecular flexibility index (Phi) is 6.29. The molecule has 0 saturated heterocycles. The summed E-state index contributed by atoms with van der Waals surface area (Å²) in [5, 5.41) is 9.85. The van der Waals surface area contributed by atoms with Crippen LogP contribution in [0.3, 0.4) is 0 Å². The molecule has 2 N–H and O–H groups in total. The summed E-state index contributed by atoms with van der Waals surface area (Å²) in [5.74, 6) is -0.386. The molecule has 3 rings (SSSR count). The highest BCUT2D eigenvalue weighted by Gasteiger charge is 2.20. The van der Waals surface area contributed by atoms with E-state index < -0.39 is 15.9 Å². The molecule has 0 atom stereocenters. The highest BCUT2D eigenvalue weighted by Crippen LogP contribution is 2.20. The summed E-state index contributed by atoms with van der Waals surface area (Å²) in [5.41, 5.74) is 0.415. The van der Waals surface area contributed by atoms with Gasteiger partial charge in [0, 0.05) is 12.1 Å². The van der Waals surface area contributed by atoms with E-state index in [0.717, 1.165) is 11.3 Å². The van der Waals surface area contributed by atoms with Crippen LogP contribution >= 0.6 is 11.3 Å². The lowest BCUT2D eigenvalue weighted by Crippen LogP contribution is -2.28. The van der Waals surface area contributed by atoms with Crippen molar-refractivity contribution in [1.82, 2.24) is 14.9 Å². The molecule has 0 aliphatic rings. The molecule has 0 spiro atoms. The fraction of sp³-hybridized carbons (Fsp3) is 0.118. The first-order valence-electron chi connectivity index (χ1n) is 8.02. The van der Waals surface area contributed by atoms with Crippen molar-refractivity contribution in [3.05, 3.63) is 66.0 Å². The lowest BCUT2D eigenvalue weighted by molar-refractivity contribution is 0.102. The molecule has 11 heteroatoms. The van der Waals surface area contributed by atoms with Crippen molar-refractivity contribution in [3.8, 4) is 5.75 Å². The van der Waals surface area contributed by atoms with Crippen molar-refractivity contribution in [2.75, 3.05) is 18.5 Å². The maximum atomic E-state index is 12.8. The van der Waals surface area contributed by atoms with Crippen molar-refractivity contribution in [1.29, 1.82) is 0 Å². The van der Waals surface area contributed by atoms with Crippen molar-refractivity contribution in [2.45, 2.75) is 4.34 Å². The van der Waals surface area contributed by atoms with E-state index in [1.54, 1.807) is 30.3 Å². The van der Waals surface area contributed by atoms with Gasteiger partial charge >= 0.3 is 0 Å². The van der Waals surface area contributed by atoms with E-state index in [2.05, 4.69) is 20.2 Å². The number of aromatic nitrogens is 2. The molecular weight excluding hydrogens is 407 g/mol.